The second-order valence-electron chi connectivity index (χ2n) is 5.99. The number of amides is 1. The van der Waals surface area contributed by atoms with Gasteiger partial charge in [0.05, 0.1) is 19.6 Å². The van der Waals surface area contributed by atoms with Crippen LogP contribution in [0.1, 0.15) is 24.6 Å². The third-order valence-corrected chi connectivity index (χ3v) is 5.76. The van der Waals surface area contributed by atoms with Gasteiger partial charge < -0.3 is 9.64 Å². The van der Waals surface area contributed by atoms with Crippen molar-refractivity contribution in [3.05, 3.63) is 22.4 Å². The van der Waals surface area contributed by atoms with Crippen LogP contribution in [0, 0.1) is 0 Å². The molecule has 0 radical (unpaired) electrons. The number of morpholine rings is 1. The van der Waals surface area contributed by atoms with Crippen LogP contribution >= 0.6 is 11.3 Å². The van der Waals surface area contributed by atoms with Crippen molar-refractivity contribution in [3.8, 4) is 0 Å². The Bertz CT molecular complexity index is 467. The van der Waals surface area contributed by atoms with Gasteiger partial charge in [0.2, 0.25) is 5.91 Å². The summed E-state index contributed by atoms with van der Waals surface area (Å²) < 4.78 is 5.73. The van der Waals surface area contributed by atoms with E-state index in [0.29, 0.717) is 6.42 Å². The molecule has 0 N–H and O–H groups in total. The lowest BCUT2D eigenvalue weighted by Gasteiger charge is -2.50. The van der Waals surface area contributed by atoms with E-state index < -0.39 is 0 Å². The Morgan fingerprint density at radius 2 is 2.19 bits per heavy atom. The molecular weight excluding hydrogens is 284 g/mol. The Hall–Kier alpha value is -0.910. The van der Waals surface area contributed by atoms with Gasteiger partial charge in [0, 0.05) is 30.1 Å². The molecule has 1 amide bonds. The number of nitrogens with zero attached hydrogens (tertiary/aromatic N) is 2. The third kappa shape index (κ3) is 3.15. The number of likely N-dealkylation sites (tertiary alicyclic amines) is 1. The molecule has 21 heavy (non-hydrogen) atoms. The minimum Gasteiger partial charge on any atom is -0.378 e. The molecule has 0 saturated carbocycles. The first-order valence-electron chi connectivity index (χ1n) is 7.86. The summed E-state index contributed by atoms with van der Waals surface area (Å²) in [5, 5.41) is 2.03. The van der Waals surface area contributed by atoms with Crippen molar-refractivity contribution in [1.82, 2.24) is 9.80 Å². The van der Waals surface area contributed by atoms with Gasteiger partial charge in [0.1, 0.15) is 0 Å². The molecule has 0 bridgehead atoms. The summed E-state index contributed by atoms with van der Waals surface area (Å²) in [6, 6.07) is 4.05. The van der Waals surface area contributed by atoms with E-state index in [4.69, 9.17) is 4.74 Å². The predicted molar refractivity (Wildman–Crippen MR) is 84.6 cm³/mol. The topological polar surface area (TPSA) is 32.8 Å². The van der Waals surface area contributed by atoms with Gasteiger partial charge in [-0.3, -0.25) is 9.69 Å². The third-order valence-electron chi connectivity index (χ3n) is 4.88. The van der Waals surface area contributed by atoms with Gasteiger partial charge in [-0.15, -0.1) is 11.3 Å². The highest BCUT2D eigenvalue weighted by molar-refractivity contribution is 7.10. The standard InChI is InChI=1S/C16H24N2O2S/c1-2-18-9-10-20-13-16(18)5-7-17(8-6-16)15(19)12-14-4-3-11-21-14/h3-4,11H,2,5-10,12-13H2,1H3. The number of hydrogen-bond donors (Lipinski definition) is 0. The first-order valence-corrected chi connectivity index (χ1v) is 8.74. The van der Waals surface area contributed by atoms with Gasteiger partial charge in [-0.1, -0.05) is 13.0 Å². The maximum Gasteiger partial charge on any atom is 0.227 e. The van der Waals surface area contributed by atoms with E-state index in [0.717, 1.165) is 57.1 Å². The average Bonchev–Trinajstić information content (AvgIpc) is 3.01. The zero-order valence-corrected chi connectivity index (χ0v) is 13.5. The van der Waals surface area contributed by atoms with Crippen molar-refractivity contribution in [1.29, 1.82) is 0 Å². The van der Waals surface area contributed by atoms with Gasteiger partial charge in [0.15, 0.2) is 0 Å². The predicted octanol–water partition coefficient (Wildman–Crippen LogP) is 2.00. The second-order valence-corrected chi connectivity index (χ2v) is 7.03. The summed E-state index contributed by atoms with van der Waals surface area (Å²) in [5.74, 6) is 0.270. The molecule has 1 aromatic heterocycles. The molecule has 5 heteroatoms. The van der Waals surface area contributed by atoms with Gasteiger partial charge in [-0.25, -0.2) is 0 Å². The summed E-state index contributed by atoms with van der Waals surface area (Å²) in [5.41, 5.74) is 0.173. The monoisotopic (exact) mass is 308 g/mol. The van der Waals surface area contributed by atoms with Gasteiger partial charge in [-0.05, 0) is 30.8 Å². The maximum atomic E-state index is 12.4. The lowest BCUT2D eigenvalue weighted by molar-refractivity contribution is -0.137. The molecule has 2 saturated heterocycles. The molecule has 3 rings (SSSR count). The Balaban J connectivity index is 1.58. The number of rotatable bonds is 3. The van der Waals surface area contributed by atoms with Gasteiger partial charge in [0.25, 0.3) is 0 Å². The summed E-state index contributed by atoms with van der Waals surface area (Å²) in [7, 11) is 0. The van der Waals surface area contributed by atoms with Crippen molar-refractivity contribution in [2.75, 3.05) is 39.4 Å². The van der Waals surface area contributed by atoms with E-state index in [2.05, 4.69) is 11.8 Å². The van der Waals surface area contributed by atoms with E-state index in [1.165, 1.54) is 0 Å². The highest BCUT2D eigenvalue weighted by atomic mass is 32.1. The average molecular weight is 308 g/mol. The molecule has 116 valence electrons. The highest BCUT2D eigenvalue weighted by Gasteiger charge is 2.42. The van der Waals surface area contributed by atoms with Crippen molar-refractivity contribution in [3.63, 3.8) is 0 Å². The number of hydrogen-bond acceptors (Lipinski definition) is 4. The van der Waals surface area contributed by atoms with Crippen LogP contribution in [0.15, 0.2) is 17.5 Å². The largest absolute Gasteiger partial charge is 0.378 e. The summed E-state index contributed by atoms with van der Waals surface area (Å²) >= 11 is 1.67. The fourth-order valence-electron chi connectivity index (χ4n) is 3.57. The Labute approximate surface area is 130 Å². The second kappa shape index (κ2) is 6.46. The summed E-state index contributed by atoms with van der Waals surface area (Å²) in [6.07, 6.45) is 2.63. The first-order chi connectivity index (χ1) is 10.2. The molecule has 0 aromatic carbocycles. The van der Waals surface area contributed by atoms with Crippen molar-refractivity contribution >= 4 is 17.2 Å². The number of carbonyl (C=O) groups is 1. The Morgan fingerprint density at radius 1 is 1.38 bits per heavy atom. The molecule has 3 heterocycles. The fraction of sp³-hybridized carbons (Fsp3) is 0.688. The fourth-order valence-corrected chi connectivity index (χ4v) is 4.26. The van der Waals surface area contributed by atoms with Crippen LogP contribution in [0.3, 0.4) is 0 Å². The zero-order valence-electron chi connectivity index (χ0n) is 12.7. The van der Waals surface area contributed by atoms with Crippen LogP contribution < -0.4 is 0 Å². The number of ether oxygens (including phenoxy) is 1. The van der Waals surface area contributed by atoms with Crippen LogP contribution in [0.2, 0.25) is 0 Å². The lowest BCUT2D eigenvalue weighted by atomic mass is 9.85. The Morgan fingerprint density at radius 3 is 2.86 bits per heavy atom. The van der Waals surface area contributed by atoms with Gasteiger partial charge >= 0.3 is 0 Å². The lowest BCUT2D eigenvalue weighted by Crippen LogP contribution is -2.61. The molecule has 2 fully saturated rings. The number of likely N-dealkylation sites (N-methyl/N-ethyl adjacent to an activating group) is 1. The van der Waals surface area contributed by atoms with E-state index in [9.17, 15) is 4.79 Å². The number of carbonyl (C=O) groups excluding carboxylic acids is 1. The minimum absolute atomic E-state index is 0.173. The Kier molecular flexibility index (Phi) is 4.62. The summed E-state index contributed by atoms with van der Waals surface area (Å²) in [6.45, 7) is 7.73. The molecular formula is C16H24N2O2S. The van der Waals surface area contributed by atoms with Gasteiger partial charge in [-0.2, -0.15) is 0 Å². The van der Waals surface area contributed by atoms with Crippen molar-refractivity contribution in [2.45, 2.75) is 31.7 Å². The van der Waals surface area contributed by atoms with Crippen LogP contribution in [0.5, 0.6) is 0 Å². The molecule has 0 atom stereocenters. The zero-order chi connectivity index (χ0) is 14.7. The SMILES string of the molecule is CCN1CCOCC12CCN(C(=O)Cc1cccs1)CC2. The van der Waals surface area contributed by atoms with Crippen LogP contribution in [0.4, 0.5) is 0 Å². The molecule has 4 nitrogen and oxygen atoms in total. The quantitative estimate of drug-likeness (QED) is 0.856. The summed E-state index contributed by atoms with van der Waals surface area (Å²) in [4.78, 5) is 18.1. The minimum atomic E-state index is 0.173. The molecule has 0 aliphatic carbocycles. The van der Waals surface area contributed by atoms with E-state index in [1.54, 1.807) is 11.3 Å². The van der Waals surface area contributed by atoms with Crippen LogP contribution in [-0.2, 0) is 16.0 Å². The molecule has 2 aliphatic rings. The molecule has 1 aromatic rings. The molecule has 0 unspecified atom stereocenters. The molecule has 1 spiro atoms. The van der Waals surface area contributed by atoms with E-state index in [-0.39, 0.29) is 11.4 Å². The van der Waals surface area contributed by atoms with Crippen LogP contribution in [0.25, 0.3) is 0 Å². The van der Waals surface area contributed by atoms with E-state index >= 15 is 0 Å². The van der Waals surface area contributed by atoms with E-state index in [1.807, 2.05) is 22.4 Å². The number of piperidine rings is 1. The number of thiophene rings is 1. The maximum absolute atomic E-state index is 12.4. The van der Waals surface area contributed by atoms with Crippen molar-refractivity contribution < 1.29 is 9.53 Å². The first kappa shape index (κ1) is 15.0. The molecule has 2 aliphatic heterocycles. The highest BCUT2D eigenvalue weighted by Crippen LogP contribution is 2.31. The normalized spacial score (nSPS) is 22.6. The van der Waals surface area contributed by atoms with Crippen LogP contribution in [-0.4, -0.2) is 60.6 Å². The smallest absolute Gasteiger partial charge is 0.227 e. The van der Waals surface area contributed by atoms with Crippen molar-refractivity contribution in [2.24, 2.45) is 0 Å².